The molecule has 1 amide bonds. The van der Waals surface area contributed by atoms with E-state index >= 15 is 0 Å². The highest BCUT2D eigenvalue weighted by atomic mass is 16.6. The standard InChI is InChI=1S/C15H23N3O3/c1-10(16-14(19)20-15(2,3)4)13-17-12(21-18-13)9-11-7-5-6-8-11/h5,7,10-11H,6,8-9H2,1-4H3,(H,16,19). The van der Waals surface area contributed by atoms with Gasteiger partial charge in [0.2, 0.25) is 5.89 Å². The number of allylic oxidation sites excluding steroid dienone is 2. The zero-order valence-corrected chi connectivity index (χ0v) is 13.0. The Morgan fingerprint density at radius 1 is 1.57 bits per heavy atom. The third-order valence-electron chi connectivity index (χ3n) is 3.15. The molecule has 0 saturated heterocycles. The summed E-state index contributed by atoms with van der Waals surface area (Å²) in [6.45, 7) is 7.25. The van der Waals surface area contributed by atoms with E-state index in [9.17, 15) is 4.79 Å². The molecule has 1 aromatic rings. The molecular weight excluding hydrogens is 270 g/mol. The summed E-state index contributed by atoms with van der Waals surface area (Å²) in [5, 5.41) is 6.63. The number of hydrogen-bond acceptors (Lipinski definition) is 5. The van der Waals surface area contributed by atoms with Gasteiger partial charge in [-0.1, -0.05) is 17.3 Å². The van der Waals surface area contributed by atoms with Crippen molar-refractivity contribution in [2.45, 2.75) is 58.6 Å². The number of amides is 1. The van der Waals surface area contributed by atoms with E-state index in [4.69, 9.17) is 9.26 Å². The molecule has 0 radical (unpaired) electrons. The Bertz CT molecular complexity index is 516. The molecule has 21 heavy (non-hydrogen) atoms. The van der Waals surface area contributed by atoms with Gasteiger partial charge in [-0.15, -0.1) is 0 Å². The number of nitrogens with zero attached hydrogens (tertiary/aromatic N) is 2. The molecule has 2 atom stereocenters. The Morgan fingerprint density at radius 2 is 2.33 bits per heavy atom. The first-order valence-electron chi connectivity index (χ1n) is 7.32. The van der Waals surface area contributed by atoms with Gasteiger partial charge in [-0.2, -0.15) is 4.98 Å². The van der Waals surface area contributed by atoms with Crippen LogP contribution in [-0.2, 0) is 11.2 Å². The van der Waals surface area contributed by atoms with Crippen LogP contribution < -0.4 is 5.32 Å². The van der Waals surface area contributed by atoms with Gasteiger partial charge < -0.3 is 14.6 Å². The van der Waals surface area contributed by atoms with Crippen molar-refractivity contribution in [2.24, 2.45) is 5.92 Å². The molecule has 2 unspecified atom stereocenters. The maximum absolute atomic E-state index is 11.7. The number of carbonyl (C=O) groups is 1. The fraction of sp³-hybridized carbons (Fsp3) is 0.667. The van der Waals surface area contributed by atoms with Crippen LogP contribution in [0.1, 0.15) is 58.3 Å². The van der Waals surface area contributed by atoms with Crippen molar-refractivity contribution in [3.63, 3.8) is 0 Å². The monoisotopic (exact) mass is 293 g/mol. The van der Waals surface area contributed by atoms with Crippen LogP contribution in [0.4, 0.5) is 4.79 Å². The maximum atomic E-state index is 11.7. The first-order chi connectivity index (χ1) is 9.83. The first kappa shape index (κ1) is 15.5. The third kappa shape index (κ3) is 4.88. The molecule has 0 bridgehead atoms. The minimum absolute atomic E-state index is 0.350. The number of carbonyl (C=O) groups excluding carboxylic acids is 1. The lowest BCUT2D eigenvalue weighted by molar-refractivity contribution is 0.0505. The fourth-order valence-corrected chi connectivity index (χ4v) is 2.17. The van der Waals surface area contributed by atoms with Crippen molar-refractivity contribution in [1.29, 1.82) is 0 Å². The van der Waals surface area contributed by atoms with E-state index in [2.05, 4.69) is 27.6 Å². The average molecular weight is 293 g/mol. The summed E-state index contributed by atoms with van der Waals surface area (Å²) >= 11 is 0. The largest absolute Gasteiger partial charge is 0.444 e. The summed E-state index contributed by atoms with van der Waals surface area (Å²) in [5.41, 5.74) is -0.527. The summed E-state index contributed by atoms with van der Waals surface area (Å²) in [7, 11) is 0. The van der Waals surface area contributed by atoms with Gasteiger partial charge in [-0.25, -0.2) is 4.79 Å². The van der Waals surface area contributed by atoms with Gasteiger partial charge in [0.1, 0.15) is 5.60 Å². The second kappa shape index (κ2) is 6.28. The molecular formula is C15H23N3O3. The topological polar surface area (TPSA) is 77.2 Å². The fourth-order valence-electron chi connectivity index (χ4n) is 2.17. The number of nitrogens with one attached hydrogen (secondary N) is 1. The molecule has 1 aliphatic rings. The minimum atomic E-state index is -0.527. The number of hydrogen-bond donors (Lipinski definition) is 1. The van der Waals surface area contributed by atoms with Gasteiger partial charge in [0.25, 0.3) is 0 Å². The second-order valence-corrected chi connectivity index (χ2v) is 6.38. The SMILES string of the molecule is CC(NC(=O)OC(C)(C)C)c1noc(CC2C=CCC2)n1. The minimum Gasteiger partial charge on any atom is -0.444 e. The highest BCUT2D eigenvalue weighted by molar-refractivity contribution is 5.68. The summed E-state index contributed by atoms with van der Waals surface area (Å²) in [6, 6.07) is -0.350. The van der Waals surface area contributed by atoms with Crippen molar-refractivity contribution in [2.75, 3.05) is 0 Å². The van der Waals surface area contributed by atoms with Gasteiger partial charge in [-0.05, 0) is 46.5 Å². The van der Waals surface area contributed by atoms with Crippen LogP contribution in [-0.4, -0.2) is 21.8 Å². The Morgan fingerprint density at radius 3 is 2.95 bits per heavy atom. The Hall–Kier alpha value is -1.85. The molecule has 1 N–H and O–H groups in total. The highest BCUT2D eigenvalue weighted by Gasteiger charge is 2.22. The lowest BCUT2D eigenvalue weighted by Crippen LogP contribution is -2.34. The normalized spacial score (nSPS) is 19.5. The maximum Gasteiger partial charge on any atom is 0.408 e. The van der Waals surface area contributed by atoms with E-state index in [0.29, 0.717) is 17.6 Å². The summed E-state index contributed by atoms with van der Waals surface area (Å²) in [6.07, 6.45) is 6.87. The Labute approximate surface area is 124 Å². The molecule has 6 nitrogen and oxygen atoms in total. The van der Waals surface area contributed by atoms with Crippen molar-refractivity contribution < 1.29 is 14.1 Å². The molecule has 1 aliphatic carbocycles. The molecule has 0 fully saturated rings. The van der Waals surface area contributed by atoms with Gasteiger partial charge in [0.05, 0.1) is 6.04 Å². The van der Waals surface area contributed by atoms with Crippen LogP contribution in [0.25, 0.3) is 0 Å². The van der Waals surface area contributed by atoms with Gasteiger partial charge in [-0.3, -0.25) is 0 Å². The molecule has 6 heteroatoms. The van der Waals surface area contributed by atoms with Gasteiger partial charge in [0.15, 0.2) is 5.82 Å². The predicted octanol–water partition coefficient (Wildman–Crippen LogP) is 3.16. The van der Waals surface area contributed by atoms with Crippen LogP contribution in [0.3, 0.4) is 0 Å². The van der Waals surface area contributed by atoms with Crippen molar-refractivity contribution in [3.05, 3.63) is 23.9 Å². The van der Waals surface area contributed by atoms with Crippen molar-refractivity contribution >= 4 is 6.09 Å². The zero-order chi connectivity index (χ0) is 15.5. The number of ether oxygens (including phenoxy) is 1. The van der Waals surface area contributed by atoms with Crippen LogP contribution in [0.5, 0.6) is 0 Å². The first-order valence-corrected chi connectivity index (χ1v) is 7.32. The summed E-state index contributed by atoms with van der Waals surface area (Å²) in [5.74, 6) is 1.56. The van der Waals surface area contributed by atoms with E-state index in [1.165, 1.54) is 0 Å². The lowest BCUT2D eigenvalue weighted by atomic mass is 10.1. The van der Waals surface area contributed by atoms with Crippen LogP contribution in [0.15, 0.2) is 16.7 Å². The molecule has 1 aromatic heterocycles. The Kier molecular flexibility index (Phi) is 4.65. The highest BCUT2D eigenvalue weighted by Crippen LogP contribution is 2.21. The van der Waals surface area contributed by atoms with Crippen LogP contribution in [0, 0.1) is 5.92 Å². The smallest absolute Gasteiger partial charge is 0.408 e. The quantitative estimate of drug-likeness (QED) is 0.863. The van der Waals surface area contributed by atoms with Crippen LogP contribution in [0.2, 0.25) is 0 Å². The second-order valence-electron chi connectivity index (χ2n) is 6.38. The molecule has 0 aromatic carbocycles. The van der Waals surface area contributed by atoms with Crippen LogP contribution >= 0.6 is 0 Å². The average Bonchev–Trinajstić information content (AvgIpc) is 2.98. The summed E-state index contributed by atoms with van der Waals surface area (Å²) < 4.78 is 10.4. The van der Waals surface area contributed by atoms with E-state index in [-0.39, 0.29) is 6.04 Å². The van der Waals surface area contributed by atoms with Gasteiger partial charge >= 0.3 is 6.09 Å². The van der Waals surface area contributed by atoms with E-state index in [1.54, 1.807) is 6.92 Å². The lowest BCUT2D eigenvalue weighted by Gasteiger charge is -2.20. The Balaban J connectivity index is 1.87. The third-order valence-corrected chi connectivity index (χ3v) is 3.15. The molecule has 0 spiro atoms. The molecule has 0 saturated carbocycles. The van der Waals surface area contributed by atoms with Crippen molar-refractivity contribution in [1.82, 2.24) is 15.5 Å². The molecule has 1 heterocycles. The van der Waals surface area contributed by atoms with E-state index in [0.717, 1.165) is 19.3 Å². The van der Waals surface area contributed by atoms with E-state index in [1.807, 2.05) is 20.8 Å². The van der Waals surface area contributed by atoms with E-state index < -0.39 is 11.7 Å². The zero-order valence-electron chi connectivity index (χ0n) is 13.0. The van der Waals surface area contributed by atoms with Gasteiger partial charge in [0, 0.05) is 6.42 Å². The van der Waals surface area contributed by atoms with Crippen molar-refractivity contribution in [3.8, 4) is 0 Å². The number of rotatable bonds is 4. The number of alkyl carbamates (subject to hydrolysis) is 1. The summed E-state index contributed by atoms with van der Waals surface area (Å²) in [4.78, 5) is 16.0. The molecule has 0 aliphatic heterocycles. The molecule has 2 rings (SSSR count). The molecule has 116 valence electrons. The predicted molar refractivity (Wildman–Crippen MR) is 77.7 cm³/mol. The number of aromatic nitrogens is 2.